The number of nitrogens with zero attached hydrogens (tertiary/aromatic N) is 2. The number of rotatable bonds is 13. The van der Waals surface area contributed by atoms with E-state index in [1.807, 2.05) is 0 Å². The van der Waals surface area contributed by atoms with Gasteiger partial charge in [0.05, 0.1) is 12.5 Å². The van der Waals surface area contributed by atoms with Gasteiger partial charge in [0.25, 0.3) is 0 Å². The molecule has 186 valence electrons. The topological polar surface area (TPSA) is 249 Å². The molecular weight excluding hydrogens is 456 g/mol. The number of aliphatic imine (C=N–C) groups is 1. The zero-order valence-electron chi connectivity index (χ0n) is 18.1. The number of nitrogens with two attached hydrogens (primary N) is 4. The average Bonchev–Trinajstić information content (AvgIpc) is 3.22. The molecule has 0 bridgehead atoms. The maximum atomic E-state index is 12.9. The van der Waals surface area contributed by atoms with Crippen LogP contribution in [0.1, 0.15) is 32.1 Å². The lowest BCUT2D eigenvalue weighted by atomic mass is 10.1. The van der Waals surface area contributed by atoms with Crippen molar-refractivity contribution in [1.29, 1.82) is 0 Å². The Morgan fingerprint density at radius 3 is 2.33 bits per heavy atom. The molecule has 4 unspecified atom stereocenters. The summed E-state index contributed by atoms with van der Waals surface area (Å²) in [6.07, 6.45) is 0.910. The van der Waals surface area contributed by atoms with E-state index in [2.05, 4.69) is 28.3 Å². The molecule has 1 heterocycles. The third kappa shape index (κ3) is 9.13. The predicted octanol–water partition coefficient (Wildman–Crippen LogP) is -3.78. The van der Waals surface area contributed by atoms with Crippen molar-refractivity contribution < 1.29 is 29.1 Å². The summed E-state index contributed by atoms with van der Waals surface area (Å²) in [7, 11) is 0. The van der Waals surface area contributed by atoms with Gasteiger partial charge in [-0.05, 0) is 25.7 Å². The van der Waals surface area contributed by atoms with Crippen LogP contribution in [0.5, 0.6) is 0 Å². The van der Waals surface area contributed by atoms with Gasteiger partial charge in [0.2, 0.25) is 23.6 Å². The summed E-state index contributed by atoms with van der Waals surface area (Å²) in [6, 6.07) is -4.44. The molecule has 1 aliphatic heterocycles. The number of aliphatic carboxylic acids is 1. The van der Waals surface area contributed by atoms with Crippen molar-refractivity contribution in [2.75, 3.05) is 18.8 Å². The first-order valence-corrected chi connectivity index (χ1v) is 10.9. The van der Waals surface area contributed by atoms with Crippen LogP contribution in [0.15, 0.2) is 4.99 Å². The quantitative estimate of drug-likeness (QED) is 0.0547. The Bertz CT molecular complexity index is 775. The molecule has 0 aliphatic carbocycles. The van der Waals surface area contributed by atoms with E-state index in [4.69, 9.17) is 28.0 Å². The number of hydrogen-bond donors (Lipinski definition) is 8. The van der Waals surface area contributed by atoms with E-state index >= 15 is 0 Å². The molecule has 1 fully saturated rings. The van der Waals surface area contributed by atoms with Crippen molar-refractivity contribution in [3.8, 4) is 0 Å². The number of carboxylic acid groups (broad SMARTS) is 1. The van der Waals surface area contributed by atoms with Crippen molar-refractivity contribution in [2.45, 2.75) is 56.3 Å². The van der Waals surface area contributed by atoms with E-state index in [1.54, 1.807) is 0 Å². The van der Waals surface area contributed by atoms with Crippen LogP contribution >= 0.6 is 12.6 Å². The normalized spacial score (nSPS) is 18.0. The number of carbonyl (C=O) groups is 5. The molecule has 0 aromatic carbocycles. The molecule has 0 spiro atoms. The highest BCUT2D eigenvalue weighted by molar-refractivity contribution is 7.80. The summed E-state index contributed by atoms with van der Waals surface area (Å²) >= 11 is 3.91. The smallest absolute Gasteiger partial charge is 0.327 e. The maximum absolute atomic E-state index is 12.9. The molecule has 0 radical (unpaired) electrons. The van der Waals surface area contributed by atoms with Gasteiger partial charge < -0.3 is 43.6 Å². The van der Waals surface area contributed by atoms with E-state index in [1.165, 1.54) is 4.90 Å². The number of thiol groups is 1. The zero-order chi connectivity index (χ0) is 25.1. The minimum Gasteiger partial charge on any atom is -0.480 e. The van der Waals surface area contributed by atoms with Gasteiger partial charge in [0, 0.05) is 18.8 Å². The van der Waals surface area contributed by atoms with Crippen LogP contribution in [0.4, 0.5) is 0 Å². The molecule has 4 amide bonds. The monoisotopic (exact) mass is 488 g/mol. The summed E-state index contributed by atoms with van der Waals surface area (Å²) in [4.78, 5) is 65.5. The summed E-state index contributed by atoms with van der Waals surface area (Å²) in [5.74, 6) is -4.23. The summed E-state index contributed by atoms with van der Waals surface area (Å²) in [5, 5.41) is 14.1. The van der Waals surface area contributed by atoms with Crippen molar-refractivity contribution in [2.24, 2.45) is 27.9 Å². The molecule has 33 heavy (non-hydrogen) atoms. The molecule has 0 saturated carbocycles. The number of nitrogens with one attached hydrogen (secondary N) is 2. The van der Waals surface area contributed by atoms with Crippen molar-refractivity contribution >= 4 is 48.2 Å². The van der Waals surface area contributed by atoms with Gasteiger partial charge in [0.1, 0.15) is 18.1 Å². The van der Waals surface area contributed by atoms with Crippen molar-refractivity contribution in [3.05, 3.63) is 0 Å². The molecular formula is C18H32N8O6S. The van der Waals surface area contributed by atoms with E-state index in [0.29, 0.717) is 19.3 Å². The number of primary amides is 1. The van der Waals surface area contributed by atoms with Gasteiger partial charge in [0.15, 0.2) is 5.96 Å². The third-order valence-corrected chi connectivity index (χ3v) is 5.32. The molecule has 15 heteroatoms. The first kappa shape index (κ1) is 28.0. The number of carbonyl (C=O) groups excluding carboxylic acids is 4. The van der Waals surface area contributed by atoms with Crippen molar-refractivity contribution in [3.63, 3.8) is 0 Å². The Hall–Kier alpha value is -3.07. The minimum absolute atomic E-state index is 0.106. The van der Waals surface area contributed by atoms with Crippen LogP contribution in [0, 0.1) is 0 Å². The Balaban J connectivity index is 2.92. The number of carboxylic acids is 1. The van der Waals surface area contributed by atoms with Gasteiger partial charge >= 0.3 is 5.97 Å². The Kier molecular flexibility index (Phi) is 11.4. The second-order valence-electron chi connectivity index (χ2n) is 7.56. The molecule has 14 nitrogen and oxygen atoms in total. The molecule has 1 rings (SSSR count). The standard InChI is InChI=1S/C18H32N8O6S/c19-9(7-13(20)27)16(30)26-6-2-4-12(26)15(29)24-10(3-1-5-23-18(21)22)14(28)25-11(8-33)17(31)32/h9-12,33H,1-8,19H2,(H2,20,27)(H,24,29)(H,25,28)(H,31,32)(H4,21,22,23). The lowest BCUT2D eigenvalue weighted by Gasteiger charge is -2.28. The largest absolute Gasteiger partial charge is 0.480 e. The number of likely N-dealkylation sites (tertiary alicyclic amines) is 1. The van der Waals surface area contributed by atoms with Gasteiger partial charge in [-0.3, -0.25) is 24.2 Å². The number of amides is 4. The average molecular weight is 489 g/mol. The first-order chi connectivity index (χ1) is 15.5. The highest BCUT2D eigenvalue weighted by Crippen LogP contribution is 2.19. The second kappa shape index (κ2) is 13.5. The van der Waals surface area contributed by atoms with Gasteiger partial charge in [-0.25, -0.2) is 4.79 Å². The van der Waals surface area contributed by atoms with Crippen LogP contribution < -0.4 is 33.6 Å². The first-order valence-electron chi connectivity index (χ1n) is 10.3. The predicted molar refractivity (Wildman–Crippen MR) is 122 cm³/mol. The van der Waals surface area contributed by atoms with E-state index in [9.17, 15) is 24.0 Å². The number of guanidine groups is 1. The van der Waals surface area contributed by atoms with E-state index in [-0.39, 0.29) is 37.6 Å². The van der Waals surface area contributed by atoms with Crippen LogP contribution in [0.3, 0.4) is 0 Å². The maximum Gasteiger partial charge on any atom is 0.327 e. The van der Waals surface area contributed by atoms with Gasteiger partial charge in [-0.2, -0.15) is 12.6 Å². The van der Waals surface area contributed by atoms with E-state index in [0.717, 1.165) is 0 Å². The minimum atomic E-state index is -1.28. The molecule has 11 N–H and O–H groups in total. The second-order valence-corrected chi connectivity index (χ2v) is 7.92. The Labute approximate surface area is 196 Å². The fourth-order valence-electron chi connectivity index (χ4n) is 3.32. The Morgan fingerprint density at radius 2 is 1.79 bits per heavy atom. The number of hydrogen-bond acceptors (Lipinski definition) is 8. The summed E-state index contributed by atoms with van der Waals surface area (Å²) in [6.45, 7) is 0.443. The lowest BCUT2D eigenvalue weighted by Crippen LogP contribution is -2.57. The fourth-order valence-corrected chi connectivity index (χ4v) is 3.57. The third-order valence-electron chi connectivity index (χ3n) is 4.95. The van der Waals surface area contributed by atoms with Crippen LogP contribution in [-0.2, 0) is 24.0 Å². The highest BCUT2D eigenvalue weighted by atomic mass is 32.1. The summed E-state index contributed by atoms with van der Waals surface area (Å²) < 4.78 is 0. The van der Waals surface area contributed by atoms with E-state index < -0.39 is 53.8 Å². The van der Waals surface area contributed by atoms with Crippen LogP contribution in [-0.4, -0.2) is 88.6 Å². The molecule has 1 aliphatic rings. The molecule has 0 aromatic rings. The molecule has 4 atom stereocenters. The molecule has 1 saturated heterocycles. The molecule has 0 aromatic heterocycles. The van der Waals surface area contributed by atoms with Gasteiger partial charge in [-0.15, -0.1) is 0 Å². The fraction of sp³-hybridized carbons (Fsp3) is 0.667. The summed E-state index contributed by atoms with van der Waals surface area (Å²) in [5.41, 5.74) is 21.4. The SMILES string of the molecule is NC(=O)CC(N)C(=O)N1CCCC1C(=O)NC(CCCN=C(N)N)C(=O)NC(CS)C(=O)O. The van der Waals surface area contributed by atoms with Crippen LogP contribution in [0.2, 0.25) is 0 Å². The highest BCUT2D eigenvalue weighted by Gasteiger charge is 2.38. The van der Waals surface area contributed by atoms with Crippen LogP contribution in [0.25, 0.3) is 0 Å². The van der Waals surface area contributed by atoms with Crippen molar-refractivity contribution in [1.82, 2.24) is 15.5 Å². The lowest BCUT2D eigenvalue weighted by molar-refractivity contribution is -0.142. The Morgan fingerprint density at radius 1 is 1.12 bits per heavy atom. The zero-order valence-corrected chi connectivity index (χ0v) is 19.0. The van der Waals surface area contributed by atoms with Gasteiger partial charge in [-0.1, -0.05) is 0 Å².